The number of rotatable bonds is 3. The molecule has 0 unspecified atom stereocenters. The Morgan fingerprint density at radius 3 is 2.77 bits per heavy atom. The highest BCUT2D eigenvalue weighted by molar-refractivity contribution is 7.17. The molecule has 1 fully saturated rings. The van der Waals surface area contributed by atoms with Crippen LogP contribution < -0.4 is 4.90 Å². The van der Waals surface area contributed by atoms with Crippen LogP contribution in [-0.4, -0.2) is 69.9 Å². The van der Waals surface area contributed by atoms with Gasteiger partial charge in [-0.25, -0.2) is 9.78 Å². The maximum atomic E-state index is 13.0. The number of carbonyl (C=O) groups is 2. The molecule has 138 valence electrons. The first-order valence-electron chi connectivity index (χ1n) is 8.43. The quantitative estimate of drug-likeness (QED) is 0.818. The van der Waals surface area contributed by atoms with Gasteiger partial charge in [-0.1, -0.05) is 11.3 Å². The normalized spacial score (nSPS) is 17.3. The van der Waals surface area contributed by atoms with Gasteiger partial charge in [-0.3, -0.25) is 9.89 Å². The molecule has 2 N–H and O–H groups in total. The van der Waals surface area contributed by atoms with Crippen molar-refractivity contribution in [3.05, 3.63) is 27.5 Å². The second-order valence-electron chi connectivity index (χ2n) is 6.32. The molecule has 0 aliphatic carbocycles. The largest absolute Gasteiger partial charge is 0.476 e. The molecule has 2 aliphatic heterocycles. The Morgan fingerprint density at radius 2 is 2.04 bits per heavy atom. The lowest BCUT2D eigenvalue weighted by Gasteiger charge is -2.27. The SMILES string of the molecule is Cc1nc(N2CCOCC2)sc1C(=O)N1CCc2c(C(=O)O)n[nH]c2C1. The van der Waals surface area contributed by atoms with Gasteiger partial charge < -0.3 is 19.6 Å². The lowest BCUT2D eigenvalue weighted by atomic mass is 10.0. The molecule has 2 aromatic heterocycles. The Hall–Kier alpha value is -2.46. The number of nitrogens with zero attached hydrogens (tertiary/aromatic N) is 4. The van der Waals surface area contributed by atoms with Gasteiger partial charge in [-0.05, 0) is 13.3 Å². The number of aromatic nitrogens is 3. The number of nitrogens with one attached hydrogen (secondary N) is 1. The summed E-state index contributed by atoms with van der Waals surface area (Å²) in [4.78, 5) is 33.2. The number of ether oxygens (including phenoxy) is 1. The molecule has 4 heterocycles. The van der Waals surface area contributed by atoms with Crippen LogP contribution in [0.1, 0.15) is 37.1 Å². The lowest BCUT2D eigenvalue weighted by molar-refractivity contribution is 0.0689. The zero-order valence-corrected chi connectivity index (χ0v) is 15.1. The number of aromatic amines is 1. The monoisotopic (exact) mass is 377 g/mol. The highest BCUT2D eigenvalue weighted by Gasteiger charge is 2.30. The molecule has 0 saturated carbocycles. The summed E-state index contributed by atoms with van der Waals surface area (Å²) in [5.74, 6) is -1.12. The van der Waals surface area contributed by atoms with Crippen LogP contribution in [-0.2, 0) is 17.7 Å². The van der Waals surface area contributed by atoms with E-state index in [-0.39, 0.29) is 11.6 Å². The maximum Gasteiger partial charge on any atom is 0.356 e. The smallest absolute Gasteiger partial charge is 0.356 e. The van der Waals surface area contributed by atoms with Crippen LogP contribution in [0.3, 0.4) is 0 Å². The van der Waals surface area contributed by atoms with E-state index in [0.717, 1.165) is 23.9 Å². The number of amides is 1. The Bertz CT molecular complexity index is 855. The van der Waals surface area contributed by atoms with E-state index in [2.05, 4.69) is 20.1 Å². The third-order valence-corrected chi connectivity index (χ3v) is 5.89. The van der Waals surface area contributed by atoms with Gasteiger partial charge in [0.25, 0.3) is 5.91 Å². The first-order valence-corrected chi connectivity index (χ1v) is 9.25. The fraction of sp³-hybridized carbons (Fsp3) is 0.500. The first kappa shape index (κ1) is 17.0. The number of anilines is 1. The van der Waals surface area contributed by atoms with Crippen molar-refractivity contribution < 1.29 is 19.4 Å². The Morgan fingerprint density at radius 1 is 1.27 bits per heavy atom. The minimum atomic E-state index is -1.05. The number of H-pyrrole nitrogens is 1. The van der Waals surface area contributed by atoms with Crippen LogP contribution in [0.2, 0.25) is 0 Å². The average molecular weight is 377 g/mol. The van der Waals surface area contributed by atoms with Crippen LogP contribution in [0, 0.1) is 6.92 Å². The van der Waals surface area contributed by atoms with Crippen LogP contribution in [0.4, 0.5) is 5.13 Å². The summed E-state index contributed by atoms with van der Waals surface area (Å²) in [5.41, 5.74) is 2.16. The molecule has 2 aromatic rings. The number of carbonyl (C=O) groups excluding carboxylic acids is 1. The average Bonchev–Trinajstić information content (AvgIpc) is 3.25. The van der Waals surface area contributed by atoms with Crippen molar-refractivity contribution in [3.63, 3.8) is 0 Å². The van der Waals surface area contributed by atoms with E-state index >= 15 is 0 Å². The summed E-state index contributed by atoms with van der Waals surface area (Å²) in [6.45, 7) is 5.54. The molecule has 10 heteroatoms. The fourth-order valence-electron chi connectivity index (χ4n) is 3.28. The zero-order valence-electron chi connectivity index (χ0n) is 14.3. The van der Waals surface area contributed by atoms with Gasteiger partial charge in [0.1, 0.15) is 4.88 Å². The van der Waals surface area contributed by atoms with E-state index in [4.69, 9.17) is 9.84 Å². The molecule has 4 rings (SSSR count). The summed E-state index contributed by atoms with van der Waals surface area (Å²) in [7, 11) is 0. The van der Waals surface area contributed by atoms with Gasteiger partial charge in [-0.15, -0.1) is 0 Å². The fourth-order valence-corrected chi connectivity index (χ4v) is 4.37. The molecular formula is C16H19N5O4S. The number of morpholine rings is 1. The van der Waals surface area contributed by atoms with E-state index in [0.29, 0.717) is 48.9 Å². The zero-order chi connectivity index (χ0) is 18.3. The van der Waals surface area contributed by atoms with Gasteiger partial charge in [-0.2, -0.15) is 5.10 Å². The van der Waals surface area contributed by atoms with E-state index < -0.39 is 5.97 Å². The summed E-state index contributed by atoms with van der Waals surface area (Å²) in [6, 6.07) is 0. The molecule has 0 spiro atoms. The van der Waals surface area contributed by atoms with Crippen molar-refractivity contribution in [2.45, 2.75) is 19.9 Å². The Balaban J connectivity index is 1.53. The van der Waals surface area contributed by atoms with Crippen molar-refractivity contribution in [1.82, 2.24) is 20.1 Å². The molecule has 0 radical (unpaired) electrons. The number of hydrogen-bond donors (Lipinski definition) is 2. The minimum Gasteiger partial charge on any atom is -0.476 e. The number of carboxylic acids is 1. The number of thiazole rings is 1. The van der Waals surface area contributed by atoms with Gasteiger partial charge in [0.15, 0.2) is 10.8 Å². The van der Waals surface area contributed by atoms with Crippen LogP contribution in [0.15, 0.2) is 0 Å². The molecule has 0 atom stereocenters. The van der Waals surface area contributed by atoms with E-state index in [9.17, 15) is 9.59 Å². The predicted molar refractivity (Wildman–Crippen MR) is 93.9 cm³/mol. The van der Waals surface area contributed by atoms with Crippen LogP contribution in [0.5, 0.6) is 0 Å². The molecule has 1 saturated heterocycles. The Kier molecular flexibility index (Phi) is 4.37. The third kappa shape index (κ3) is 2.95. The van der Waals surface area contributed by atoms with E-state index in [1.165, 1.54) is 11.3 Å². The summed E-state index contributed by atoms with van der Waals surface area (Å²) in [5, 5.41) is 16.6. The molecular weight excluding hydrogens is 358 g/mol. The highest BCUT2D eigenvalue weighted by Crippen LogP contribution is 2.29. The van der Waals surface area contributed by atoms with Gasteiger partial charge in [0, 0.05) is 25.2 Å². The van der Waals surface area contributed by atoms with Crippen LogP contribution in [0.25, 0.3) is 0 Å². The minimum absolute atomic E-state index is 0.0515. The van der Waals surface area contributed by atoms with Gasteiger partial charge in [0.2, 0.25) is 0 Å². The highest BCUT2D eigenvalue weighted by atomic mass is 32.1. The van der Waals surface area contributed by atoms with E-state index in [1.807, 2.05) is 6.92 Å². The van der Waals surface area contributed by atoms with Crippen molar-refractivity contribution in [3.8, 4) is 0 Å². The third-order valence-electron chi connectivity index (χ3n) is 4.68. The van der Waals surface area contributed by atoms with Crippen molar-refractivity contribution in [1.29, 1.82) is 0 Å². The maximum absolute atomic E-state index is 13.0. The number of aromatic carboxylic acids is 1. The molecule has 2 aliphatic rings. The number of carboxylic acid groups (broad SMARTS) is 1. The summed E-state index contributed by atoms with van der Waals surface area (Å²) >= 11 is 1.41. The van der Waals surface area contributed by atoms with Gasteiger partial charge in [0.05, 0.1) is 31.1 Å². The first-order chi connectivity index (χ1) is 12.5. The van der Waals surface area contributed by atoms with Crippen LogP contribution >= 0.6 is 11.3 Å². The molecule has 9 nitrogen and oxygen atoms in total. The van der Waals surface area contributed by atoms with Crippen molar-refractivity contribution >= 4 is 28.3 Å². The summed E-state index contributed by atoms with van der Waals surface area (Å²) < 4.78 is 5.36. The van der Waals surface area contributed by atoms with Crippen molar-refractivity contribution in [2.75, 3.05) is 37.7 Å². The summed E-state index contributed by atoms with van der Waals surface area (Å²) in [6.07, 6.45) is 0.480. The molecule has 0 bridgehead atoms. The van der Waals surface area contributed by atoms with Crippen molar-refractivity contribution in [2.24, 2.45) is 0 Å². The standard InChI is InChI=1S/C16H19N5O4S/c1-9-13(26-16(17-9)20-4-6-25-7-5-20)14(22)21-3-2-10-11(8-21)18-19-12(10)15(23)24/h2-8H2,1H3,(H,18,19)(H,23,24). The number of aryl methyl sites for hydroxylation is 1. The lowest BCUT2D eigenvalue weighted by Crippen LogP contribution is -2.36. The van der Waals surface area contributed by atoms with E-state index in [1.54, 1.807) is 4.90 Å². The molecule has 1 amide bonds. The molecule has 26 heavy (non-hydrogen) atoms. The number of fused-ring (bicyclic) bond motifs is 1. The van der Waals surface area contributed by atoms with Gasteiger partial charge >= 0.3 is 5.97 Å². The second-order valence-corrected chi connectivity index (χ2v) is 7.30. The number of hydrogen-bond acceptors (Lipinski definition) is 7. The predicted octanol–water partition coefficient (Wildman–Crippen LogP) is 0.908. The molecule has 0 aromatic carbocycles. The Labute approximate surface area is 153 Å². The topological polar surface area (TPSA) is 112 Å². The second kappa shape index (κ2) is 6.69.